The lowest BCUT2D eigenvalue weighted by molar-refractivity contribution is -0.137. The van der Waals surface area contributed by atoms with E-state index in [1.54, 1.807) is 0 Å². The first-order valence-electron chi connectivity index (χ1n) is 5.73. The Balaban J connectivity index is 2.28. The Kier molecular flexibility index (Phi) is 5.57. The van der Waals surface area contributed by atoms with E-state index in [-0.39, 0.29) is 6.42 Å². The Morgan fingerprint density at radius 3 is 2.62 bits per heavy atom. The molecule has 0 unspecified atom stereocenters. The van der Waals surface area contributed by atoms with Gasteiger partial charge >= 0.3 is 5.97 Å². The molecule has 0 heterocycles. The molecule has 1 rings (SSSR count). The van der Waals surface area contributed by atoms with Crippen LogP contribution >= 0.6 is 0 Å². The molecule has 88 valence electrons. The second kappa shape index (κ2) is 7.01. The van der Waals surface area contributed by atoms with E-state index in [2.05, 4.69) is 24.4 Å². The van der Waals surface area contributed by atoms with Gasteiger partial charge in [-0.1, -0.05) is 31.2 Å². The van der Waals surface area contributed by atoms with Gasteiger partial charge in [-0.15, -0.1) is 0 Å². The highest BCUT2D eigenvalue weighted by Gasteiger charge is 1.99. The van der Waals surface area contributed by atoms with Crippen molar-refractivity contribution in [1.82, 2.24) is 5.32 Å². The summed E-state index contributed by atoms with van der Waals surface area (Å²) < 4.78 is 0. The third-order valence-corrected chi connectivity index (χ3v) is 2.56. The van der Waals surface area contributed by atoms with Crippen LogP contribution in [-0.2, 0) is 17.8 Å². The van der Waals surface area contributed by atoms with E-state index in [0.29, 0.717) is 6.42 Å². The van der Waals surface area contributed by atoms with Gasteiger partial charge in [0, 0.05) is 13.0 Å². The molecule has 0 atom stereocenters. The summed E-state index contributed by atoms with van der Waals surface area (Å²) in [5.41, 5.74) is 2.66. The summed E-state index contributed by atoms with van der Waals surface area (Å²) >= 11 is 0. The van der Waals surface area contributed by atoms with Gasteiger partial charge in [-0.05, 0) is 30.5 Å². The smallest absolute Gasteiger partial charge is 0.303 e. The van der Waals surface area contributed by atoms with E-state index in [4.69, 9.17) is 5.11 Å². The van der Waals surface area contributed by atoms with Crippen LogP contribution in [0.1, 0.15) is 30.9 Å². The van der Waals surface area contributed by atoms with Gasteiger partial charge in [0.25, 0.3) is 0 Å². The Bertz CT molecular complexity index is 336. The molecule has 0 fully saturated rings. The number of hydrogen-bond donors (Lipinski definition) is 2. The number of carboxylic acids is 1. The maximum atomic E-state index is 10.3. The van der Waals surface area contributed by atoms with Gasteiger partial charge in [-0.25, -0.2) is 0 Å². The number of benzene rings is 1. The highest BCUT2D eigenvalue weighted by molar-refractivity contribution is 5.66. The van der Waals surface area contributed by atoms with E-state index < -0.39 is 5.97 Å². The van der Waals surface area contributed by atoms with Crippen LogP contribution in [0, 0.1) is 0 Å². The van der Waals surface area contributed by atoms with E-state index in [9.17, 15) is 4.79 Å². The average Bonchev–Trinajstić information content (AvgIpc) is 2.29. The van der Waals surface area contributed by atoms with Crippen LogP contribution in [-0.4, -0.2) is 17.6 Å². The van der Waals surface area contributed by atoms with Crippen LogP contribution in [0.3, 0.4) is 0 Å². The lowest BCUT2D eigenvalue weighted by Crippen LogP contribution is -2.16. The second-order valence-corrected chi connectivity index (χ2v) is 3.80. The summed E-state index contributed by atoms with van der Waals surface area (Å²) in [4.78, 5) is 10.3. The van der Waals surface area contributed by atoms with Crippen LogP contribution in [0.15, 0.2) is 24.3 Å². The normalized spacial score (nSPS) is 10.3. The fraction of sp³-hybridized carbons (Fsp3) is 0.462. The fourth-order valence-corrected chi connectivity index (χ4v) is 1.66. The van der Waals surface area contributed by atoms with Crippen molar-refractivity contribution in [3.05, 3.63) is 35.4 Å². The standard InChI is InChI=1S/C13H19NO2/c1-2-11-6-3-4-7-12(11)10-14-9-5-8-13(15)16/h3-4,6-7,14H,2,5,8-10H2,1H3,(H,15,16). The first-order chi connectivity index (χ1) is 7.74. The maximum absolute atomic E-state index is 10.3. The van der Waals surface area contributed by atoms with Crippen molar-refractivity contribution in [1.29, 1.82) is 0 Å². The molecule has 1 aromatic carbocycles. The van der Waals surface area contributed by atoms with Crippen LogP contribution in [0.2, 0.25) is 0 Å². The van der Waals surface area contributed by atoms with Crippen molar-refractivity contribution in [2.75, 3.05) is 6.54 Å². The third-order valence-electron chi connectivity index (χ3n) is 2.56. The molecule has 0 radical (unpaired) electrons. The predicted octanol–water partition coefficient (Wildman–Crippen LogP) is 2.20. The molecule has 0 amide bonds. The third kappa shape index (κ3) is 4.45. The Morgan fingerprint density at radius 1 is 1.31 bits per heavy atom. The zero-order chi connectivity index (χ0) is 11.8. The number of aryl methyl sites for hydroxylation is 1. The van der Waals surface area contributed by atoms with Gasteiger partial charge in [-0.3, -0.25) is 4.79 Å². The van der Waals surface area contributed by atoms with Gasteiger partial charge in [0.1, 0.15) is 0 Å². The molecule has 0 aliphatic carbocycles. The second-order valence-electron chi connectivity index (χ2n) is 3.80. The Labute approximate surface area is 96.5 Å². The average molecular weight is 221 g/mol. The topological polar surface area (TPSA) is 49.3 Å². The van der Waals surface area contributed by atoms with Crippen molar-refractivity contribution in [3.8, 4) is 0 Å². The largest absolute Gasteiger partial charge is 0.481 e. The van der Waals surface area contributed by atoms with Crippen molar-refractivity contribution < 1.29 is 9.90 Å². The van der Waals surface area contributed by atoms with Gasteiger partial charge in [-0.2, -0.15) is 0 Å². The molecule has 0 aliphatic heterocycles. The summed E-state index contributed by atoms with van der Waals surface area (Å²) in [7, 11) is 0. The number of carbonyl (C=O) groups is 1. The molecule has 0 spiro atoms. The molecular weight excluding hydrogens is 202 g/mol. The SMILES string of the molecule is CCc1ccccc1CNCCCC(=O)O. The molecular formula is C13H19NO2. The summed E-state index contributed by atoms with van der Waals surface area (Å²) in [6.07, 6.45) is 1.96. The van der Waals surface area contributed by atoms with Crippen molar-refractivity contribution >= 4 is 5.97 Å². The molecule has 1 aromatic rings. The molecule has 3 heteroatoms. The van der Waals surface area contributed by atoms with Gasteiger partial charge < -0.3 is 10.4 Å². The molecule has 16 heavy (non-hydrogen) atoms. The molecule has 3 nitrogen and oxygen atoms in total. The zero-order valence-electron chi connectivity index (χ0n) is 9.70. The highest BCUT2D eigenvalue weighted by atomic mass is 16.4. The molecule has 0 aliphatic rings. The summed E-state index contributed by atoms with van der Waals surface area (Å²) in [6.45, 7) is 3.72. The zero-order valence-corrected chi connectivity index (χ0v) is 9.70. The van der Waals surface area contributed by atoms with Crippen LogP contribution < -0.4 is 5.32 Å². The van der Waals surface area contributed by atoms with Crippen molar-refractivity contribution in [2.45, 2.75) is 32.7 Å². The van der Waals surface area contributed by atoms with Crippen LogP contribution in [0.25, 0.3) is 0 Å². The summed E-state index contributed by atoms with van der Waals surface area (Å²) in [5.74, 6) is -0.726. The minimum Gasteiger partial charge on any atom is -0.481 e. The Hall–Kier alpha value is -1.35. The Morgan fingerprint density at radius 2 is 2.00 bits per heavy atom. The van der Waals surface area contributed by atoms with Crippen LogP contribution in [0.4, 0.5) is 0 Å². The van der Waals surface area contributed by atoms with E-state index >= 15 is 0 Å². The van der Waals surface area contributed by atoms with Gasteiger partial charge in [0.15, 0.2) is 0 Å². The number of carboxylic acid groups (broad SMARTS) is 1. The summed E-state index contributed by atoms with van der Waals surface area (Å²) in [6, 6.07) is 8.33. The van der Waals surface area contributed by atoms with Gasteiger partial charge in [0.05, 0.1) is 0 Å². The predicted molar refractivity (Wildman–Crippen MR) is 64.4 cm³/mol. The maximum Gasteiger partial charge on any atom is 0.303 e. The highest BCUT2D eigenvalue weighted by Crippen LogP contribution is 2.08. The van der Waals surface area contributed by atoms with Crippen molar-refractivity contribution in [3.63, 3.8) is 0 Å². The fourth-order valence-electron chi connectivity index (χ4n) is 1.66. The van der Waals surface area contributed by atoms with Crippen molar-refractivity contribution in [2.24, 2.45) is 0 Å². The minimum absolute atomic E-state index is 0.239. The van der Waals surface area contributed by atoms with Crippen LogP contribution in [0.5, 0.6) is 0 Å². The van der Waals surface area contributed by atoms with E-state index in [1.807, 2.05) is 12.1 Å². The molecule has 0 saturated heterocycles. The number of nitrogens with one attached hydrogen (secondary N) is 1. The molecule has 0 aromatic heterocycles. The molecule has 0 saturated carbocycles. The number of aliphatic carboxylic acids is 1. The van der Waals surface area contributed by atoms with Gasteiger partial charge in [0.2, 0.25) is 0 Å². The molecule has 2 N–H and O–H groups in total. The lowest BCUT2D eigenvalue weighted by atomic mass is 10.1. The minimum atomic E-state index is -0.726. The lowest BCUT2D eigenvalue weighted by Gasteiger charge is -2.08. The number of rotatable bonds is 7. The first kappa shape index (κ1) is 12.7. The monoisotopic (exact) mass is 221 g/mol. The summed E-state index contributed by atoms with van der Waals surface area (Å²) in [5, 5.41) is 11.8. The number of hydrogen-bond acceptors (Lipinski definition) is 2. The molecule has 0 bridgehead atoms. The quantitative estimate of drug-likeness (QED) is 0.694. The van der Waals surface area contributed by atoms with E-state index in [0.717, 1.165) is 19.5 Å². The van der Waals surface area contributed by atoms with E-state index in [1.165, 1.54) is 11.1 Å². The first-order valence-corrected chi connectivity index (χ1v) is 5.73.